The van der Waals surface area contributed by atoms with Gasteiger partial charge in [0.25, 0.3) is 0 Å². The van der Waals surface area contributed by atoms with E-state index < -0.39 is 36.8 Å². The van der Waals surface area contributed by atoms with E-state index in [0.29, 0.717) is 24.2 Å². The highest BCUT2D eigenvalue weighted by Gasteiger charge is 2.54. The van der Waals surface area contributed by atoms with E-state index in [4.69, 9.17) is 23.4 Å². The number of aliphatic hydroxyl groups excluding tert-OH is 4. The van der Waals surface area contributed by atoms with E-state index in [-0.39, 0.29) is 49.3 Å². The molecule has 5 N–H and O–H groups in total. The Morgan fingerprint density at radius 2 is 2.05 bits per heavy atom. The number of esters is 1. The van der Waals surface area contributed by atoms with E-state index >= 15 is 0 Å². The summed E-state index contributed by atoms with van der Waals surface area (Å²) in [5.41, 5.74) is -0.607. The van der Waals surface area contributed by atoms with Crippen molar-refractivity contribution in [3.63, 3.8) is 0 Å². The maximum Gasteiger partial charge on any atom is 0.306 e. The molecule has 11 nitrogen and oxygen atoms in total. The van der Waals surface area contributed by atoms with Crippen molar-refractivity contribution in [3.05, 3.63) is 24.0 Å². The molecule has 5 unspecified atom stereocenters. The van der Waals surface area contributed by atoms with Crippen LogP contribution in [-0.2, 0) is 20.7 Å². The van der Waals surface area contributed by atoms with Crippen LogP contribution in [0, 0.1) is 0 Å². The molecule has 1 fully saturated rings. The summed E-state index contributed by atoms with van der Waals surface area (Å²) in [5.74, 6) is 0.919. The van der Waals surface area contributed by atoms with E-state index in [9.17, 15) is 25.2 Å². The summed E-state index contributed by atoms with van der Waals surface area (Å²) in [7, 11) is 2.90. The summed E-state index contributed by atoms with van der Waals surface area (Å²) in [6, 6.07) is 3.55. The molecule has 0 aliphatic carbocycles. The number of ether oxygens (including phenoxy) is 4. The van der Waals surface area contributed by atoms with E-state index in [2.05, 4.69) is 5.32 Å². The van der Waals surface area contributed by atoms with Crippen LogP contribution < -0.4 is 14.8 Å². The third-order valence-corrected chi connectivity index (χ3v) is 8.75. The molecule has 2 aromatic rings. The van der Waals surface area contributed by atoms with Gasteiger partial charge in [0, 0.05) is 36.4 Å². The van der Waals surface area contributed by atoms with Crippen LogP contribution in [0.3, 0.4) is 0 Å². The maximum atomic E-state index is 12.1. The minimum Gasteiger partial charge on any atom is -0.485 e. The number of benzene rings is 1. The SMILES string of the molecule is CCOC(=O)CCc1cc2ccoc2c2c1OC1OC(CO)(CSSCCNCCO2)C(O)C(O)C1O. The number of aliphatic hydroxyl groups is 4. The van der Waals surface area contributed by atoms with Crippen molar-refractivity contribution in [2.24, 2.45) is 0 Å². The lowest BCUT2D eigenvalue weighted by molar-refractivity contribution is -0.312. The van der Waals surface area contributed by atoms with Gasteiger partial charge in [0.05, 0.1) is 19.5 Å². The second-order valence-electron chi connectivity index (χ2n) is 8.77. The van der Waals surface area contributed by atoms with Crippen LogP contribution in [0.2, 0.25) is 0 Å². The molecule has 2 bridgehead atoms. The van der Waals surface area contributed by atoms with Crippen LogP contribution in [0.15, 0.2) is 22.8 Å². The first-order chi connectivity index (χ1) is 17.9. The summed E-state index contributed by atoms with van der Waals surface area (Å²) in [4.78, 5) is 12.1. The Labute approximate surface area is 222 Å². The van der Waals surface area contributed by atoms with Gasteiger partial charge in [-0.3, -0.25) is 4.79 Å². The van der Waals surface area contributed by atoms with Gasteiger partial charge >= 0.3 is 5.97 Å². The fourth-order valence-corrected chi connectivity index (χ4v) is 6.65. The lowest BCUT2D eigenvalue weighted by atomic mass is 9.88. The standard InChI is InChI=1S/C24H33NO10S2/c1-2-31-16(27)4-3-14-11-15-5-8-32-19(15)21-20(14)34-23-18(29)17(28)22(30)24(12-26,35-23)13-37-36-10-7-25-6-9-33-21/h5,8,11,17-18,22-23,25-26,28-30H,2-4,6-7,9-10,12-13H2,1H3. The highest BCUT2D eigenvalue weighted by Crippen LogP contribution is 2.43. The van der Waals surface area contributed by atoms with Gasteiger partial charge in [-0.05, 0) is 31.0 Å². The number of fused-ring (bicyclic) bond motifs is 5. The lowest BCUT2D eigenvalue weighted by Crippen LogP contribution is -2.68. The minimum atomic E-state index is -1.64. The normalized spacial score (nSPS) is 29.3. The second kappa shape index (κ2) is 12.9. The Kier molecular flexibility index (Phi) is 9.86. The summed E-state index contributed by atoms with van der Waals surface area (Å²) in [6.07, 6.45) is -4.49. The van der Waals surface area contributed by atoms with Gasteiger partial charge in [-0.25, -0.2) is 0 Å². The smallest absolute Gasteiger partial charge is 0.306 e. The molecule has 1 aromatic heterocycles. The highest BCUT2D eigenvalue weighted by molar-refractivity contribution is 8.76. The molecule has 2 aliphatic rings. The van der Waals surface area contributed by atoms with Crippen molar-refractivity contribution in [2.45, 2.75) is 50.0 Å². The topological polar surface area (TPSA) is 160 Å². The lowest BCUT2D eigenvalue weighted by Gasteiger charge is -2.47. The van der Waals surface area contributed by atoms with Crippen LogP contribution >= 0.6 is 21.6 Å². The molecule has 206 valence electrons. The van der Waals surface area contributed by atoms with Crippen molar-refractivity contribution in [1.82, 2.24) is 5.32 Å². The molecule has 0 amide bonds. The van der Waals surface area contributed by atoms with Crippen molar-refractivity contribution in [1.29, 1.82) is 0 Å². The number of aryl methyl sites for hydroxylation is 1. The van der Waals surface area contributed by atoms with Crippen molar-refractivity contribution in [3.8, 4) is 11.5 Å². The first-order valence-electron chi connectivity index (χ1n) is 12.2. The first-order valence-corrected chi connectivity index (χ1v) is 14.6. The Bertz CT molecular complexity index is 1050. The van der Waals surface area contributed by atoms with Gasteiger partial charge in [-0.2, -0.15) is 0 Å². The molecular formula is C24H33NO10S2. The number of hydrogen-bond acceptors (Lipinski definition) is 13. The molecule has 0 spiro atoms. The average Bonchev–Trinajstić information content (AvgIpc) is 3.36. The van der Waals surface area contributed by atoms with Crippen LogP contribution in [-0.4, -0.2) is 101 Å². The van der Waals surface area contributed by atoms with Crippen LogP contribution in [0.4, 0.5) is 0 Å². The summed E-state index contributed by atoms with van der Waals surface area (Å²) in [5, 5.41) is 46.5. The van der Waals surface area contributed by atoms with E-state index in [1.807, 2.05) is 0 Å². The number of carbonyl (C=O) groups is 1. The van der Waals surface area contributed by atoms with Crippen LogP contribution in [0.5, 0.6) is 11.5 Å². The quantitative estimate of drug-likeness (QED) is 0.259. The number of hydrogen-bond donors (Lipinski definition) is 5. The van der Waals surface area contributed by atoms with Gasteiger partial charge in [0.1, 0.15) is 30.5 Å². The second-order valence-corrected chi connectivity index (χ2v) is 11.4. The number of rotatable bonds is 5. The molecule has 37 heavy (non-hydrogen) atoms. The summed E-state index contributed by atoms with van der Waals surface area (Å²) >= 11 is 0. The number of furan rings is 1. The largest absolute Gasteiger partial charge is 0.485 e. The molecule has 1 aromatic carbocycles. The van der Waals surface area contributed by atoms with Crippen molar-refractivity contribution in [2.75, 3.05) is 44.4 Å². The van der Waals surface area contributed by atoms with Crippen molar-refractivity contribution < 1.29 is 48.6 Å². The Hall–Kier alpha value is -1.71. The zero-order chi connectivity index (χ0) is 26.4. The third kappa shape index (κ3) is 6.31. The predicted octanol–water partition coefficient (Wildman–Crippen LogP) is 0.841. The molecule has 3 heterocycles. The van der Waals surface area contributed by atoms with Gasteiger partial charge in [-0.15, -0.1) is 0 Å². The Morgan fingerprint density at radius 1 is 1.22 bits per heavy atom. The first kappa shape index (κ1) is 28.3. The molecule has 5 atom stereocenters. The number of carbonyl (C=O) groups excluding carboxylic acids is 1. The third-order valence-electron chi connectivity index (χ3n) is 6.25. The molecule has 0 radical (unpaired) electrons. The Morgan fingerprint density at radius 3 is 2.84 bits per heavy atom. The predicted molar refractivity (Wildman–Crippen MR) is 138 cm³/mol. The fourth-order valence-electron chi connectivity index (χ4n) is 4.24. The molecule has 1 saturated heterocycles. The maximum absolute atomic E-state index is 12.1. The number of nitrogens with one attached hydrogen (secondary N) is 1. The Balaban J connectivity index is 1.76. The van der Waals surface area contributed by atoms with E-state index in [0.717, 1.165) is 11.1 Å². The molecule has 2 aliphatic heterocycles. The van der Waals surface area contributed by atoms with Gasteiger partial charge in [0.15, 0.2) is 11.3 Å². The van der Waals surface area contributed by atoms with Gasteiger partial charge in [-0.1, -0.05) is 21.6 Å². The average molecular weight is 560 g/mol. The monoisotopic (exact) mass is 559 g/mol. The minimum absolute atomic E-state index is 0.0679. The van der Waals surface area contributed by atoms with Crippen LogP contribution in [0.1, 0.15) is 18.9 Å². The zero-order valence-corrected chi connectivity index (χ0v) is 22.1. The van der Waals surface area contributed by atoms with Crippen molar-refractivity contribution >= 4 is 38.5 Å². The van der Waals surface area contributed by atoms with Gasteiger partial charge in [0.2, 0.25) is 12.0 Å². The van der Waals surface area contributed by atoms with E-state index in [1.54, 1.807) is 19.1 Å². The fraction of sp³-hybridized carbons (Fsp3) is 0.625. The molecule has 4 rings (SSSR count). The molecular weight excluding hydrogens is 526 g/mol. The van der Waals surface area contributed by atoms with E-state index in [1.165, 1.54) is 27.9 Å². The summed E-state index contributed by atoms with van der Waals surface area (Å²) in [6.45, 7) is 2.89. The highest BCUT2D eigenvalue weighted by atomic mass is 33.1. The molecule has 13 heteroatoms. The zero-order valence-electron chi connectivity index (χ0n) is 20.5. The van der Waals surface area contributed by atoms with Crippen LogP contribution in [0.25, 0.3) is 11.0 Å². The van der Waals surface area contributed by atoms with Gasteiger partial charge < -0.3 is 49.1 Å². The summed E-state index contributed by atoms with van der Waals surface area (Å²) < 4.78 is 29.0. The molecule has 0 saturated carbocycles.